The standard InChI is InChI=1S/C14H20FNO2S2/c15-13-4-2-12(3-5-13)10-20-11-14(18)16-6-9-19-8-1-7-17/h2-5,17H,1,6-11H2,(H,16,18). The Labute approximate surface area is 127 Å². The molecule has 6 heteroatoms. The van der Waals surface area contributed by atoms with Crippen LogP contribution in [0.25, 0.3) is 0 Å². The molecule has 1 amide bonds. The van der Waals surface area contributed by atoms with Crippen LogP contribution in [-0.2, 0) is 10.5 Å². The molecule has 0 heterocycles. The van der Waals surface area contributed by atoms with E-state index in [0.717, 1.165) is 23.5 Å². The van der Waals surface area contributed by atoms with E-state index in [4.69, 9.17) is 5.11 Å². The van der Waals surface area contributed by atoms with E-state index < -0.39 is 0 Å². The molecule has 0 fully saturated rings. The van der Waals surface area contributed by atoms with Gasteiger partial charge in [0, 0.05) is 24.7 Å². The summed E-state index contributed by atoms with van der Waals surface area (Å²) >= 11 is 3.24. The molecule has 0 radical (unpaired) electrons. The summed E-state index contributed by atoms with van der Waals surface area (Å²) in [5, 5.41) is 11.5. The fourth-order valence-corrected chi connectivity index (χ4v) is 3.03. The van der Waals surface area contributed by atoms with Gasteiger partial charge in [-0.25, -0.2) is 4.39 Å². The Bertz CT molecular complexity index is 387. The zero-order chi connectivity index (χ0) is 14.6. The van der Waals surface area contributed by atoms with Crippen LogP contribution in [0.1, 0.15) is 12.0 Å². The highest BCUT2D eigenvalue weighted by Gasteiger charge is 2.01. The number of halogens is 1. The van der Waals surface area contributed by atoms with Crippen LogP contribution in [0.15, 0.2) is 24.3 Å². The molecule has 0 saturated heterocycles. The van der Waals surface area contributed by atoms with Gasteiger partial charge in [-0.3, -0.25) is 4.79 Å². The van der Waals surface area contributed by atoms with Crippen LogP contribution in [0.2, 0.25) is 0 Å². The van der Waals surface area contributed by atoms with Gasteiger partial charge in [-0.1, -0.05) is 12.1 Å². The monoisotopic (exact) mass is 317 g/mol. The van der Waals surface area contributed by atoms with E-state index in [1.807, 2.05) is 0 Å². The highest BCUT2D eigenvalue weighted by molar-refractivity contribution is 7.99. The number of carbonyl (C=O) groups is 1. The normalized spacial score (nSPS) is 10.5. The summed E-state index contributed by atoms with van der Waals surface area (Å²) in [5.74, 6) is 2.70. The third kappa shape index (κ3) is 8.45. The Morgan fingerprint density at radius 2 is 1.95 bits per heavy atom. The van der Waals surface area contributed by atoms with E-state index in [2.05, 4.69) is 5.32 Å². The number of aliphatic hydroxyl groups excluding tert-OH is 1. The summed E-state index contributed by atoms with van der Waals surface area (Å²) in [5.41, 5.74) is 1.02. The number of aliphatic hydroxyl groups is 1. The lowest BCUT2D eigenvalue weighted by Gasteiger charge is -2.05. The molecule has 0 aromatic heterocycles. The smallest absolute Gasteiger partial charge is 0.230 e. The first-order valence-corrected chi connectivity index (χ1v) is 8.81. The van der Waals surface area contributed by atoms with Crippen molar-refractivity contribution in [3.05, 3.63) is 35.6 Å². The van der Waals surface area contributed by atoms with E-state index in [0.29, 0.717) is 18.1 Å². The molecule has 1 aromatic rings. The average molecular weight is 317 g/mol. The lowest BCUT2D eigenvalue weighted by molar-refractivity contribution is -0.118. The summed E-state index contributed by atoms with van der Waals surface area (Å²) < 4.78 is 12.7. The van der Waals surface area contributed by atoms with Crippen LogP contribution in [0.4, 0.5) is 4.39 Å². The molecule has 0 spiro atoms. The van der Waals surface area contributed by atoms with Gasteiger partial charge in [-0.05, 0) is 29.9 Å². The molecule has 3 nitrogen and oxygen atoms in total. The van der Waals surface area contributed by atoms with E-state index in [9.17, 15) is 9.18 Å². The maximum atomic E-state index is 12.7. The van der Waals surface area contributed by atoms with Crippen molar-refractivity contribution in [2.45, 2.75) is 12.2 Å². The molecule has 0 aliphatic rings. The fraction of sp³-hybridized carbons (Fsp3) is 0.500. The lowest BCUT2D eigenvalue weighted by Crippen LogP contribution is -2.27. The molecular weight excluding hydrogens is 297 g/mol. The Hall–Kier alpha value is -0.720. The first-order valence-electron chi connectivity index (χ1n) is 6.50. The quantitative estimate of drug-likeness (QED) is 0.650. The number of hydrogen-bond acceptors (Lipinski definition) is 4. The van der Waals surface area contributed by atoms with Gasteiger partial charge in [0.15, 0.2) is 0 Å². The van der Waals surface area contributed by atoms with Crippen molar-refractivity contribution < 1.29 is 14.3 Å². The van der Waals surface area contributed by atoms with Crippen molar-refractivity contribution in [1.29, 1.82) is 0 Å². The minimum absolute atomic E-state index is 0.0277. The molecule has 2 N–H and O–H groups in total. The average Bonchev–Trinajstić information content (AvgIpc) is 2.45. The molecule has 112 valence electrons. The minimum atomic E-state index is -0.241. The molecular formula is C14H20FNO2S2. The highest BCUT2D eigenvalue weighted by atomic mass is 32.2. The number of thioether (sulfide) groups is 2. The second-order valence-electron chi connectivity index (χ2n) is 4.16. The molecule has 0 bridgehead atoms. The third-order valence-electron chi connectivity index (χ3n) is 2.43. The molecule has 0 aliphatic carbocycles. The second-order valence-corrected chi connectivity index (χ2v) is 6.37. The van der Waals surface area contributed by atoms with Gasteiger partial charge in [-0.2, -0.15) is 11.8 Å². The van der Waals surface area contributed by atoms with Crippen LogP contribution >= 0.6 is 23.5 Å². The van der Waals surface area contributed by atoms with Crippen LogP contribution in [-0.4, -0.2) is 41.4 Å². The largest absolute Gasteiger partial charge is 0.396 e. The molecule has 0 aliphatic heterocycles. The summed E-state index contributed by atoms with van der Waals surface area (Å²) in [6, 6.07) is 6.33. The maximum absolute atomic E-state index is 12.7. The number of benzene rings is 1. The number of amides is 1. The summed E-state index contributed by atoms with van der Waals surface area (Å²) in [4.78, 5) is 11.5. The van der Waals surface area contributed by atoms with Crippen molar-refractivity contribution in [1.82, 2.24) is 5.32 Å². The zero-order valence-electron chi connectivity index (χ0n) is 11.3. The van der Waals surface area contributed by atoms with Gasteiger partial charge in [0.25, 0.3) is 0 Å². The number of hydrogen-bond donors (Lipinski definition) is 2. The fourth-order valence-electron chi connectivity index (χ4n) is 1.42. The third-order valence-corrected chi connectivity index (χ3v) is 4.50. The van der Waals surface area contributed by atoms with E-state index >= 15 is 0 Å². The van der Waals surface area contributed by atoms with E-state index in [1.54, 1.807) is 23.9 Å². The van der Waals surface area contributed by atoms with Crippen molar-refractivity contribution >= 4 is 29.4 Å². The van der Waals surface area contributed by atoms with Crippen molar-refractivity contribution in [2.75, 3.05) is 30.4 Å². The Balaban J connectivity index is 2.01. The predicted octanol–water partition coefficient (Wildman–Crippen LogP) is 2.29. The van der Waals surface area contributed by atoms with E-state index in [1.165, 1.54) is 23.9 Å². The number of rotatable bonds is 10. The first kappa shape index (κ1) is 17.3. The van der Waals surface area contributed by atoms with Gasteiger partial charge >= 0.3 is 0 Å². The Morgan fingerprint density at radius 3 is 2.65 bits per heavy atom. The summed E-state index contributed by atoms with van der Waals surface area (Å²) in [7, 11) is 0. The molecule has 0 saturated carbocycles. The van der Waals surface area contributed by atoms with Crippen molar-refractivity contribution in [3.63, 3.8) is 0 Å². The van der Waals surface area contributed by atoms with Gasteiger partial charge < -0.3 is 10.4 Å². The SMILES string of the molecule is O=C(CSCc1ccc(F)cc1)NCCSCCCO. The van der Waals surface area contributed by atoms with Gasteiger partial charge in [0.05, 0.1) is 5.75 Å². The number of carbonyl (C=O) groups excluding carboxylic acids is 1. The molecule has 0 atom stereocenters. The molecule has 1 rings (SSSR count). The van der Waals surface area contributed by atoms with Crippen LogP contribution in [0.5, 0.6) is 0 Å². The van der Waals surface area contributed by atoms with Gasteiger partial charge in [0.2, 0.25) is 5.91 Å². The first-order chi connectivity index (χ1) is 9.72. The predicted molar refractivity (Wildman–Crippen MR) is 84.6 cm³/mol. The minimum Gasteiger partial charge on any atom is -0.396 e. The lowest BCUT2D eigenvalue weighted by atomic mass is 10.2. The van der Waals surface area contributed by atoms with Crippen LogP contribution < -0.4 is 5.32 Å². The Kier molecular flexibility index (Phi) is 9.53. The van der Waals surface area contributed by atoms with Crippen LogP contribution in [0, 0.1) is 5.82 Å². The Morgan fingerprint density at radius 1 is 1.20 bits per heavy atom. The molecule has 1 aromatic carbocycles. The van der Waals surface area contributed by atoms with Crippen molar-refractivity contribution in [3.8, 4) is 0 Å². The van der Waals surface area contributed by atoms with Crippen molar-refractivity contribution in [2.24, 2.45) is 0 Å². The number of nitrogens with one attached hydrogen (secondary N) is 1. The van der Waals surface area contributed by atoms with E-state index in [-0.39, 0.29) is 18.3 Å². The van der Waals surface area contributed by atoms with Gasteiger partial charge in [-0.15, -0.1) is 11.8 Å². The second kappa shape index (κ2) is 11.0. The highest BCUT2D eigenvalue weighted by Crippen LogP contribution is 2.12. The summed E-state index contributed by atoms with van der Waals surface area (Å²) in [6.45, 7) is 0.880. The van der Waals surface area contributed by atoms with Crippen LogP contribution in [0.3, 0.4) is 0 Å². The van der Waals surface area contributed by atoms with Gasteiger partial charge in [0.1, 0.15) is 5.82 Å². The zero-order valence-corrected chi connectivity index (χ0v) is 12.9. The maximum Gasteiger partial charge on any atom is 0.230 e. The molecule has 0 unspecified atom stereocenters. The summed E-state index contributed by atoms with van der Waals surface area (Å²) in [6.07, 6.45) is 0.798. The topological polar surface area (TPSA) is 49.3 Å². The molecule has 20 heavy (non-hydrogen) atoms.